The first-order valence-corrected chi connectivity index (χ1v) is 21.3. The molecule has 0 fully saturated rings. The highest BCUT2D eigenvalue weighted by Crippen LogP contribution is 2.41. The van der Waals surface area contributed by atoms with E-state index in [4.69, 9.17) is 10.5 Å². The maximum atomic E-state index is 14.6. The number of sulfone groups is 1. The maximum absolute atomic E-state index is 14.6. The van der Waals surface area contributed by atoms with Crippen molar-refractivity contribution in [2.24, 2.45) is 11.7 Å². The van der Waals surface area contributed by atoms with Crippen LogP contribution >= 0.6 is 47.0 Å². The van der Waals surface area contributed by atoms with E-state index in [1.807, 2.05) is 26.0 Å². The van der Waals surface area contributed by atoms with Gasteiger partial charge in [0, 0.05) is 39.2 Å². The van der Waals surface area contributed by atoms with Gasteiger partial charge in [-0.3, -0.25) is 0 Å². The first kappa shape index (κ1) is 39.2. The van der Waals surface area contributed by atoms with E-state index in [9.17, 15) is 28.5 Å². The molecule has 0 heterocycles. The predicted octanol–water partition coefficient (Wildman–Crippen LogP) is 10.1. The standard InChI is InChI=1S/C41H35NO7S5/c1-25(2)40(42)41(46)49-29-9-17-33(18-10-29)53-37-20-36(52-32-15-7-28(45)8-16-32)23-39(24-37)54(47,48)38-21-34(50-30-11-3-26(43)4-12-30)19-35(22-38)51-31-13-5-27(44)6-14-31/h3-25,40,43-45H,42H2,1-2H3/t40-/m0/s1. The van der Waals surface area contributed by atoms with Crippen molar-refractivity contribution in [3.8, 4) is 23.0 Å². The molecule has 1 atom stereocenters. The van der Waals surface area contributed by atoms with E-state index in [1.54, 1.807) is 121 Å². The van der Waals surface area contributed by atoms with Gasteiger partial charge in [-0.05, 0) is 139 Å². The van der Waals surface area contributed by atoms with E-state index in [0.29, 0.717) is 25.3 Å². The van der Waals surface area contributed by atoms with Crippen molar-refractivity contribution in [2.75, 3.05) is 0 Å². The fourth-order valence-corrected chi connectivity index (χ4v) is 10.4. The molecule has 6 rings (SSSR count). The monoisotopic (exact) mass is 813 g/mol. The number of hydrogen-bond donors (Lipinski definition) is 4. The molecule has 0 aromatic heterocycles. The quantitative estimate of drug-likeness (QED) is 0.0650. The van der Waals surface area contributed by atoms with E-state index in [0.717, 1.165) is 19.6 Å². The SMILES string of the molecule is CC(C)[C@H](N)C(=O)Oc1ccc(Sc2cc(Sc3ccc(O)cc3)cc(S(=O)(=O)c3cc(Sc4ccc(O)cc4)cc(Sc4ccc(O)cc4)c3)c2)cc1. The van der Waals surface area contributed by atoms with Gasteiger partial charge in [0.2, 0.25) is 9.84 Å². The second-order valence-electron chi connectivity index (χ2n) is 12.3. The molecule has 0 aliphatic heterocycles. The molecule has 0 bridgehead atoms. The molecule has 6 aromatic carbocycles. The van der Waals surface area contributed by atoms with Crippen molar-refractivity contribution in [2.45, 2.75) is 68.8 Å². The average molecular weight is 814 g/mol. The molecule has 5 N–H and O–H groups in total. The van der Waals surface area contributed by atoms with Gasteiger partial charge in [0.05, 0.1) is 9.79 Å². The van der Waals surface area contributed by atoms with E-state index < -0.39 is 21.8 Å². The predicted molar refractivity (Wildman–Crippen MR) is 214 cm³/mol. The molecule has 0 amide bonds. The summed E-state index contributed by atoms with van der Waals surface area (Å²) in [4.78, 5) is 18.5. The number of aromatic hydroxyl groups is 3. The Labute approximate surface area is 331 Å². The Hall–Kier alpha value is -4.50. The van der Waals surface area contributed by atoms with Gasteiger partial charge < -0.3 is 25.8 Å². The average Bonchev–Trinajstić information content (AvgIpc) is 3.14. The third-order valence-corrected chi connectivity index (χ3v) is 13.4. The number of nitrogens with two attached hydrogens (primary N) is 1. The Morgan fingerprint density at radius 3 is 1.11 bits per heavy atom. The zero-order chi connectivity index (χ0) is 38.4. The lowest BCUT2D eigenvalue weighted by Crippen LogP contribution is -2.38. The number of hydrogen-bond acceptors (Lipinski definition) is 12. The van der Waals surface area contributed by atoms with Crippen molar-refractivity contribution in [1.29, 1.82) is 0 Å². The minimum atomic E-state index is -4.10. The van der Waals surface area contributed by atoms with Gasteiger partial charge in [-0.25, -0.2) is 13.2 Å². The number of rotatable bonds is 13. The Morgan fingerprint density at radius 2 is 0.815 bits per heavy atom. The van der Waals surface area contributed by atoms with Crippen LogP contribution in [0.4, 0.5) is 0 Å². The lowest BCUT2D eigenvalue weighted by Gasteiger charge is -2.14. The van der Waals surface area contributed by atoms with E-state index in [2.05, 4.69) is 0 Å². The van der Waals surface area contributed by atoms with Crippen LogP contribution in [-0.4, -0.2) is 35.7 Å². The number of phenols is 3. The van der Waals surface area contributed by atoms with Crippen LogP contribution in [0.1, 0.15) is 13.8 Å². The van der Waals surface area contributed by atoms with Crippen LogP contribution in [0.5, 0.6) is 23.0 Å². The molecule has 0 saturated carbocycles. The van der Waals surface area contributed by atoms with Crippen LogP contribution in [-0.2, 0) is 14.6 Å². The highest BCUT2D eigenvalue weighted by molar-refractivity contribution is 8.00. The van der Waals surface area contributed by atoms with Crippen LogP contribution in [0.2, 0.25) is 0 Å². The normalized spacial score (nSPS) is 12.1. The highest BCUT2D eigenvalue weighted by atomic mass is 32.2. The first-order chi connectivity index (χ1) is 25.8. The summed E-state index contributed by atoms with van der Waals surface area (Å²) in [5, 5.41) is 29.4. The summed E-state index contributed by atoms with van der Waals surface area (Å²) >= 11 is 5.47. The van der Waals surface area contributed by atoms with Gasteiger partial charge in [0.25, 0.3) is 0 Å². The molecule has 0 radical (unpaired) electrons. The van der Waals surface area contributed by atoms with Gasteiger partial charge in [-0.15, -0.1) is 0 Å². The zero-order valence-corrected chi connectivity index (χ0v) is 33.0. The van der Waals surface area contributed by atoms with Crippen molar-refractivity contribution < 1.29 is 33.3 Å². The number of carbonyl (C=O) groups is 1. The van der Waals surface area contributed by atoms with Crippen LogP contribution in [0.3, 0.4) is 0 Å². The largest absolute Gasteiger partial charge is 0.508 e. The Bertz CT molecular complexity index is 2290. The number of benzene rings is 6. The molecule has 0 spiro atoms. The summed E-state index contributed by atoms with van der Waals surface area (Å²) in [6.45, 7) is 3.69. The lowest BCUT2D eigenvalue weighted by atomic mass is 10.1. The van der Waals surface area contributed by atoms with Crippen LogP contribution < -0.4 is 10.5 Å². The van der Waals surface area contributed by atoms with Crippen molar-refractivity contribution in [1.82, 2.24) is 0 Å². The molecule has 0 saturated heterocycles. The molecule has 0 aliphatic rings. The molecule has 8 nitrogen and oxygen atoms in total. The number of carbonyl (C=O) groups excluding carboxylic acids is 1. The summed E-state index contributed by atoms with van der Waals surface area (Å²) in [5.41, 5.74) is 5.94. The molecule has 0 unspecified atom stereocenters. The summed E-state index contributed by atoms with van der Waals surface area (Å²) in [6, 6.07) is 36.6. The van der Waals surface area contributed by atoms with Gasteiger partial charge in [0.15, 0.2) is 0 Å². The third kappa shape index (κ3) is 10.4. The zero-order valence-electron chi connectivity index (χ0n) is 28.9. The summed E-state index contributed by atoms with van der Waals surface area (Å²) in [7, 11) is -4.10. The van der Waals surface area contributed by atoms with E-state index >= 15 is 0 Å². The van der Waals surface area contributed by atoms with Crippen molar-refractivity contribution in [3.63, 3.8) is 0 Å². The minimum absolute atomic E-state index is 0.0744. The topological polar surface area (TPSA) is 147 Å². The van der Waals surface area contributed by atoms with Gasteiger partial charge in [0.1, 0.15) is 29.0 Å². The Morgan fingerprint density at radius 1 is 0.519 bits per heavy atom. The van der Waals surface area contributed by atoms with E-state index in [1.165, 1.54) is 47.0 Å². The lowest BCUT2D eigenvalue weighted by molar-refractivity contribution is -0.136. The molecule has 276 valence electrons. The fourth-order valence-electron chi connectivity index (χ4n) is 4.89. The second kappa shape index (κ2) is 17.3. The van der Waals surface area contributed by atoms with Crippen LogP contribution in [0.25, 0.3) is 0 Å². The van der Waals surface area contributed by atoms with Gasteiger partial charge in [-0.2, -0.15) is 0 Å². The number of phenolic OH excluding ortho intramolecular Hbond substituents is 3. The Kier molecular flexibility index (Phi) is 12.6. The maximum Gasteiger partial charge on any atom is 0.328 e. The summed E-state index contributed by atoms with van der Waals surface area (Å²) in [6.07, 6.45) is 0. The fraction of sp³-hybridized carbons (Fsp3) is 0.0976. The smallest absolute Gasteiger partial charge is 0.328 e. The molecular weight excluding hydrogens is 779 g/mol. The summed E-state index contributed by atoms with van der Waals surface area (Å²) in [5.74, 6) is 0.140. The molecule has 54 heavy (non-hydrogen) atoms. The molecule has 6 aromatic rings. The van der Waals surface area contributed by atoms with Gasteiger partial charge >= 0.3 is 5.97 Å². The van der Waals surface area contributed by atoms with Crippen LogP contribution in [0, 0.1) is 5.92 Å². The second-order valence-corrected chi connectivity index (χ2v) is 18.9. The summed E-state index contributed by atoms with van der Waals surface area (Å²) < 4.78 is 34.7. The Balaban J connectivity index is 1.37. The molecule has 0 aliphatic carbocycles. The van der Waals surface area contributed by atoms with Crippen LogP contribution in [0.15, 0.2) is 182 Å². The molecular formula is C41H35NO7S5. The number of ether oxygens (including phenoxy) is 1. The molecule has 13 heteroatoms. The van der Waals surface area contributed by atoms with E-state index in [-0.39, 0.29) is 33.0 Å². The van der Waals surface area contributed by atoms with Gasteiger partial charge in [-0.1, -0.05) is 60.9 Å². The number of esters is 1. The first-order valence-electron chi connectivity index (χ1n) is 16.5. The minimum Gasteiger partial charge on any atom is -0.508 e. The van der Waals surface area contributed by atoms with Crippen molar-refractivity contribution >= 4 is 62.9 Å². The van der Waals surface area contributed by atoms with Crippen molar-refractivity contribution in [3.05, 3.63) is 133 Å². The highest BCUT2D eigenvalue weighted by Gasteiger charge is 2.23. The third-order valence-electron chi connectivity index (χ3n) is 7.81.